The molecule has 0 amide bonds. The Morgan fingerprint density at radius 2 is 2.04 bits per heavy atom. The molecule has 1 aliphatic carbocycles. The summed E-state index contributed by atoms with van der Waals surface area (Å²) in [7, 11) is 1.87. The standard InChI is InChI=1S/C19H20N8/c1-19(6-7-19)12-17-25-24-16-11-13(5-10-27(16)17)14-3-8-20-18(22-14)23-15-4-9-21-26(15)2/h3-5,8-11H,6-7,12H2,1-2H3,(H,20,22,23). The smallest absolute Gasteiger partial charge is 0.228 e. The first-order chi connectivity index (χ1) is 13.1. The Balaban J connectivity index is 1.45. The molecule has 1 N–H and O–H groups in total. The van der Waals surface area contributed by atoms with Gasteiger partial charge in [0.25, 0.3) is 0 Å². The lowest BCUT2D eigenvalue weighted by molar-refractivity contribution is 0.546. The number of anilines is 2. The maximum atomic E-state index is 4.62. The molecule has 27 heavy (non-hydrogen) atoms. The Kier molecular flexibility index (Phi) is 3.46. The van der Waals surface area contributed by atoms with Crippen molar-refractivity contribution in [3.63, 3.8) is 0 Å². The number of nitrogens with one attached hydrogen (secondary N) is 1. The molecule has 0 spiro atoms. The van der Waals surface area contributed by atoms with Gasteiger partial charge in [-0.25, -0.2) is 9.97 Å². The van der Waals surface area contributed by atoms with Crippen LogP contribution in [0, 0.1) is 5.41 Å². The van der Waals surface area contributed by atoms with Gasteiger partial charge in [-0.15, -0.1) is 10.2 Å². The quantitative estimate of drug-likeness (QED) is 0.589. The van der Waals surface area contributed by atoms with Crippen LogP contribution in [-0.2, 0) is 13.5 Å². The number of hydrogen-bond donors (Lipinski definition) is 1. The SMILES string of the molecule is Cn1nccc1Nc1nccc(-c2ccn3c(CC4(C)CC4)nnc3c2)n1. The van der Waals surface area contributed by atoms with Crippen LogP contribution < -0.4 is 5.32 Å². The molecule has 4 aromatic rings. The molecule has 8 heteroatoms. The molecule has 4 heterocycles. The molecular formula is C19H20N8. The van der Waals surface area contributed by atoms with Crippen molar-refractivity contribution in [3.05, 3.63) is 48.7 Å². The highest BCUT2D eigenvalue weighted by atomic mass is 15.3. The fourth-order valence-corrected chi connectivity index (χ4v) is 3.18. The third-order valence-corrected chi connectivity index (χ3v) is 5.18. The highest BCUT2D eigenvalue weighted by Crippen LogP contribution is 2.47. The summed E-state index contributed by atoms with van der Waals surface area (Å²) in [5.41, 5.74) is 3.05. The first-order valence-electron chi connectivity index (χ1n) is 9.02. The van der Waals surface area contributed by atoms with Crippen LogP contribution in [0.25, 0.3) is 16.9 Å². The zero-order chi connectivity index (χ0) is 18.4. The first kappa shape index (κ1) is 15.9. The normalized spacial score (nSPS) is 15.2. The minimum Gasteiger partial charge on any atom is -0.309 e. The van der Waals surface area contributed by atoms with Crippen molar-refractivity contribution < 1.29 is 0 Å². The van der Waals surface area contributed by atoms with Gasteiger partial charge in [0.05, 0.1) is 11.9 Å². The molecule has 5 rings (SSSR count). The molecule has 8 nitrogen and oxygen atoms in total. The molecule has 0 unspecified atom stereocenters. The van der Waals surface area contributed by atoms with E-state index in [9.17, 15) is 0 Å². The third-order valence-electron chi connectivity index (χ3n) is 5.18. The van der Waals surface area contributed by atoms with Crippen molar-refractivity contribution in [1.82, 2.24) is 34.3 Å². The van der Waals surface area contributed by atoms with E-state index in [1.807, 2.05) is 37.5 Å². The van der Waals surface area contributed by atoms with Crippen LogP contribution in [0.15, 0.2) is 42.9 Å². The van der Waals surface area contributed by atoms with Crippen molar-refractivity contribution in [2.75, 3.05) is 5.32 Å². The van der Waals surface area contributed by atoms with E-state index in [1.165, 1.54) is 12.8 Å². The van der Waals surface area contributed by atoms with Crippen LogP contribution in [0.1, 0.15) is 25.6 Å². The molecule has 0 saturated heterocycles. The predicted octanol–water partition coefficient (Wildman–Crippen LogP) is 3.01. The van der Waals surface area contributed by atoms with Gasteiger partial charge in [-0.2, -0.15) is 5.10 Å². The molecule has 0 aromatic carbocycles. The lowest BCUT2D eigenvalue weighted by Crippen LogP contribution is -2.04. The summed E-state index contributed by atoms with van der Waals surface area (Å²) in [5.74, 6) is 2.39. The van der Waals surface area contributed by atoms with Crippen LogP contribution in [0.4, 0.5) is 11.8 Å². The molecule has 136 valence electrons. The zero-order valence-corrected chi connectivity index (χ0v) is 15.3. The highest BCUT2D eigenvalue weighted by molar-refractivity contribution is 5.65. The molecule has 4 aromatic heterocycles. The summed E-state index contributed by atoms with van der Waals surface area (Å²) in [6, 6.07) is 7.83. The second kappa shape index (κ2) is 5.87. The van der Waals surface area contributed by atoms with Gasteiger partial charge in [0.15, 0.2) is 5.65 Å². The number of fused-ring (bicyclic) bond motifs is 1. The summed E-state index contributed by atoms with van der Waals surface area (Å²) in [6.45, 7) is 2.31. The van der Waals surface area contributed by atoms with Gasteiger partial charge in [-0.3, -0.25) is 9.08 Å². The number of pyridine rings is 1. The van der Waals surface area contributed by atoms with Gasteiger partial charge in [0, 0.05) is 37.5 Å². The lowest BCUT2D eigenvalue weighted by atomic mass is 10.1. The molecular weight excluding hydrogens is 340 g/mol. The molecule has 0 aliphatic heterocycles. The topological polar surface area (TPSA) is 85.8 Å². The van der Waals surface area contributed by atoms with Gasteiger partial charge in [-0.05, 0) is 36.5 Å². The number of nitrogens with zero attached hydrogens (tertiary/aromatic N) is 7. The van der Waals surface area contributed by atoms with Crippen molar-refractivity contribution >= 4 is 17.4 Å². The van der Waals surface area contributed by atoms with E-state index in [2.05, 4.69) is 41.9 Å². The van der Waals surface area contributed by atoms with E-state index >= 15 is 0 Å². The Morgan fingerprint density at radius 3 is 2.81 bits per heavy atom. The van der Waals surface area contributed by atoms with Crippen LogP contribution in [0.3, 0.4) is 0 Å². The van der Waals surface area contributed by atoms with Crippen LogP contribution >= 0.6 is 0 Å². The summed E-state index contributed by atoms with van der Waals surface area (Å²) in [6.07, 6.45) is 9.02. The average Bonchev–Trinajstić information content (AvgIpc) is 3.07. The fraction of sp³-hybridized carbons (Fsp3) is 0.316. The third kappa shape index (κ3) is 3.03. The van der Waals surface area contributed by atoms with Crippen molar-refractivity contribution in [1.29, 1.82) is 0 Å². The molecule has 1 saturated carbocycles. The van der Waals surface area contributed by atoms with Gasteiger partial charge >= 0.3 is 0 Å². The Morgan fingerprint density at radius 1 is 1.15 bits per heavy atom. The minimum atomic E-state index is 0.403. The van der Waals surface area contributed by atoms with E-state index in [0.29, 0.717) is 11.4 Å². The van der Waals surface area contributed by atoms with E-state index in [-0.39, 0.29) is 0 Å². The van der Waals surface area contributed by atoms with Crippen molar-refractivity contribution in [2.45, 2.75) is 26.2 Å². The van der Waals surface area contributed by atoms with Gasteiger partial charge in [0.2, 0.25) is 5.95 Å². The van der Waals surface area contributed by atoms with Crippen molar-refractivity contribution in [3.8, 4) is 11.3 Å². The fourth-order valence-electron chi connectivity index (χ4n) is 3.18. The molecule has 0 radical (unpaired) electrons. The molecule has 0 atom stereocenters. The van der Waals surface area contributed by atoms with Gasteiger partial charge in [0.1, 0.15) is 11.6 Å². The maximum absolute atomic E-state index is 4.62. The number of hydrogen-bond acceptors (Lipinski definition) is 6. The number of aromatic nitrogens is 7. The van der Waals surface area contributed by atoms with E-state index < -0.39 is 0 Å². The van der Waals surface area contributed by atoms with Crippen LogP contribution in [-0.4, -0.2) is 34.3 Å². The monoisotopic (exact) mass is 360 g/mol. The van der Waals surface area contributed by atoms with Gasteiger partial charge < -0.3 is 5.32 Å². The van der Waals surface area contributed by atoms with Gasteiger partial charge in [-0.1, -0.05) is 6.92 Å². The molecule has 1 aliphatic rings. The second-order valence-corrected chi connectivity index (χ2v) is 7.48. The predicted molar refractivity (Wildman–Crippen MR) is 102 cm³/mol. The highest BCUT2D eigenvalue weighted by Gasteiger charge is 2.38. The van der Waals surface area contributed by atoms with Crippen LogP contribution in [0.2, 0.25) is 0 Å². The Bertz CT molecular complexity index is 1120. The van der Waals surface area contributed by atoms with Crippen LogP contribution in [0.5, 0.6) is 0 Å². The number of aryl methyl sites for hydroxylation is 1. The summed E-state index contributed by atoms with van der Waals surface area (Å²) >= 11 is 0. The van der Waals surface area contributed by atoms with E-state index in [1.54, 1.807) is 17.1 Å². The summed E-state index contributed by atoms with van der Waals surface area (Å²) < 4.78 is 3.81. The Labute approximate surface area is 156 Å². The second-order valence-electron chi connectivity index (χ2n) is 7.48. The lowest BCUT2D eigenvalue weighted by Gasteiger charge is -2.08. The maximum Gasteiger partial charge on any atom is 0.228 e. The number of rotatable bonds is 5. The molecule has 1 fully saturated rings. The first-order valence-corrected chi connectivity index (χ1v) is 9.02. The summed E-state index contributed by atoms with van der Waals surface area (Å²) in [5, 5.41) is 16.1. The average molecular weight is 360 g/mol. The Hall–Kier alpha value is -3.29. The van der Waals surface area contributed by atoms with E-state index in [4.69, 9.17) is 0 Å². The largest absolute Gasteiger partial charge is 0.309 e. The van der Waals surface area contributed by atoms with E-state index in [0.717, 1.165) is 35.0 Å². The molecule has 0 bridgehead atoms. The zero-order valence-electron chi connectivity index (χ0n) is 15.3. The minimum absolute atomic E-state index is 0.403. The summed E-state index contributed by atoms with van der Waals surface area (Å²) in [4.78, 5) is 8.92. The van der Waals surface area contributed by atoms with Crippen molar-refractivity contribution in [2.24, 2.45) is 12.5 Å².